The molecule has 104 valence electrons. The molecule has 0 aliphatic carbocycles. The maximum absolute atomic E-state index is 11.8. The van der Waals surface area contributed by atoms with Crippen LogP contribution in [0.5, 0.6) is 5.75 Å². The minimum Gasteiger partial charge on any atom is -0.496 e. The van der Waals surface area contributed by atoms with Gasteiger partial charge in [-0.15, -0.1) is 0 Å². The molecule has 0 aliphatic rings. The van der Waals surface area contributed by atoms with E-state index in [4.69, 9.17) is 4.74 Å². The topological polar surface area (TPSA) is 38.3 Å². The van der Waals surface area contributed by atoms with E-state index in [9.17, 15) is 4.79 Å². The molecule has 0 spiro atoms. The number of ether oxygens (including phenoxy) is 1. The SMILES string of the molecule is C=Cc1ccc(CC(=O)NCCCCC)c(OC)c1. The zero-order valence-electron chi connectivity index (χ0n) is 11.9. The van der Waals surface area contributed by atoms with E-state index < -0.39 is 0 Å². The lowest BCUT2D eigenvalue weighted by Gasteiger charge is -2.10. The fourth-order valence-corrected chi connectivity index (χ4v) is 1.87. The Morgan fingerprint density at radius 1 is 1.42 bits per heavy atom. The number of amides is 1. The summed E-state index contributed by atoms with van der Waals surface area (Å²) < 4.78 is 5.30. The fraction of sp³-hybridized carbons (Fsp3) is 0.438. The number of carbonyl (C=O) groups excluding carboxylic acids is 1. The van der Waals surface area contributed by atoms with Crippen LogP contribution in [0.2, 0.25) is 0 Å². The van der Waals surface area contributed by atoms with Crippen LogP contribution in [0.1, 0.15) is 37.3 Å². The van der Waals surface area contributed by atoms with Crippen LogP contribution in [0.25, 0.3) is 6.08 Å². The van der Waals surface area contributed by atoms with Crippen LogP contribution in [0, 0.1) is 0 Å². The Bertz CT molecular complexity index is 427. The van der Waals surface area contributed by atoms with Crippen molar-refractivity contribution in [2.75, 3.05) is 13.7 Å². The molecule has 0 atom stereocenters. The van der Waals surface area contributed by atoms with Gasteiger partial charge in [0.05, 0.1) is 13.5 Å². The van der Waals surface area contributed by atoms with Gasteiger partial charge < -0.3 is 10.1 Å². The van der Waals surface area contributed by atoms with Gasteiger partial charge in [-0.1, -0.05) is 44.6 Å². The second kappa shape index (κ2) is 8.35. The van der Waals surface area contributed by atoms with Crippen LogP contribution in [-0.4, -0.2) is 19.6 Å². The van der Waals surface area contributed by atoms with Gasteiger partial charge in [0.2, 0.25) is 5.91 Å². The van der Waals surface area contributed by atoms with Crippen LogP contribution < -0.4 is 10.1 Å². The first-order valence-electron chi connectivity index (χ1n) is 6.77. The van der Waals surface area contributed by atoms with Crippen molar-refractivity contribution in [3.63, 3.8) is 0 Å². The minimum atomic E-state index is 0.0424. The van der Waals surface area contributed by atoms with Crippen LogP contribution in [0.15, 0.2) is 24.8 Å². The third kappa shape index (κ3) is 5.16. The summed E-state index contributed by atoms with van der Waals surface area (Å²) in [6.07, 6.45) is 5.46. The Hall–Kier alpha value is -1.77. The number of nitrogens with one attached hydrogen (secondary N) is 1. The molecule has 0 radical (unpaired) electrons. The van der Waals surface area contributed by atoms with E-state index in [1.807, 2.05) is 18.2 Å². The van der Waals surface area contributed by atoms with Gasteiger partial charge >= 0.3 is 0 Å². The maximum Gasteiger partial charge on any atom is 0.224 e. The molecule has 3 nitrogen and oxygen atoms in total. The van der Waals surface area contributed by atoms with Crippen molar-refractivity contribution in [2.24, 2.45) is 0 Å². The van der Waals surface area contributed by atoms with Crippen molar-refractivity contribution in [3.05, 3.63) is 35.9 Å². The van der Waals surface area contributed by atoms with Gasteiger partial charge in [0.1, 0.15) is 5.75 Å². The van der Waals surface area contributed by atoms with Crippen LogP contribution in [-0.2, 0) is 11.2 Å². The normalized spacial score (nSPS) is 10.0. The molecular weight excluding hydrogens is 238 g/mol. The molecule has 0 fully saturated rings. The molecule has 1 amide bonds. The van der Waals surface area contributed by atoms with Crippen molar-refractivity contribution in [1.29, 1.82) is 0 Å². The summed E-state index contributed by atoms with van der Waals surface area (Å²) in [5.74, 6) is 0.780. The first-order chi connectivity index (χ1) is 9.21. The minimum absolute atomic E-state index is 0.0424. The van der Waals surface area contributed by atoms with E-state index in [2.05, 4.69) is 18.8 Å². The average Bonchev–Trinajstić information content (AvgIpc) is 2.44. The van der Waals surface area contributed by atoms with E-state index in [0.717, 1.165) is 42.7 Å². The summed E-state index contributed by atoms with van der Waals surface area (Å²) >= 11 is 0. The summed E-state index contributed by atoms with van der Waals surface area (Å²) in [6.45, 7) is 6.62. The Kier molecular flexibility index (Phi) is 6.72. The van der Waals surface area contributed by atoms with Crippen molar-refractivity contribution >= 4 is 12.0 Å². The number of unbranched alkanes of at least 4 members (excludes halogenated alkanes) is 2. The Labute approximate surface area is 115 Å². The molecule has 0 aromatic heterocycles. The molecule has 0 aliphatic heterocycles. The third-order valence-corrected chi connectivity index (χ3v) is 3.00. The average molecular weight is 261 g/mol. The smallest absolute Gasteiger partial charge is 0.224 e. The van der Waals surface area contributed by atoms with E-state index in [1.54, 1.807) is 13.2 Å². The molecule has 0 saturated heterocycles. The van der Waals surface area contributed by atoms with E-state index in [-0.39, 0.29) is 5.91 Å². The van der Waals surface area contributed by atoms with Gasteiger partial charge in [-0.25, -0.2) is 0 Å². The van der Waals surface area contributed by atoms with E-state index in [1.165, 1.54) is 0 Å². The summed E-state index contributed by atoms with van der Waals surface area (Å²) in [4.78, 5) is 11.8. The molecule has 1 aromatic carbocycles. The zero-order valence-corrected chi connectivity index (χ0v) is 11.9. The number of carbonyl (C=O) groups is 1. The maximum atomic E-state index is 11.8. The molecule has 0 unspecified atom stereocenters. The van der Waals surface area contributed by atoms with Gasteiger partial charge in [-0.05, 0) is 18.1 Å². The van der Waals surface area contributed by atoms with Crippen molar-refractivity contribution in [1.82, 2.24) is 5.32 Å². The molecule has 1 aromatic rings. The first-order valence-corrected chi connectivity index (χ1v) is 6.77. The molecule has 1 N–H and O–H groups in total. The summed E-state index contributed by atoms with van der Waals surface area (Å²) in [5, 5.41) is 2.93. The third-order valence-electron chi connectivity index (χ3n) is 3.00. The van der Waals surface area contributed by atoms with E-state index in [0.29, 0.717) is 6.42 Å². The second-order valence-corrected chi connectivity index (χ2v) is 4.51. The van der Waals surface area contributed by atoms with E-state index >= 15 is 0 Å². The molecule has 0 saturated carbocycles. The molecule has 0 heterocycles. The zero-order chi connectivity index (χ0) is 14.1. The highest BCUT2D eigenvalue weighted by atomic mass is 16.5. The number of benzene rings is 1. The highest BCUT2D eigenvalue weighted by molar-refractivity contribution is 5.79. The van der Waals surface area contributed by atoms with Gasteiger partial charge in [-0.3, -0.25) is 4.79 Å². The lowest BCUT2D eigenvalue weighted by molar-refractivity contribution is -0.120. The second-order valence-electron chi connectivity index (χ2n) is 4.51. The van der Waals surface area contributed by atoms with Crippen molar-refractivity contribution in [3.8, 4) is 5.75 Å². The van der Waals surface area contributed by atoms with Crippen LogP contribution >= 0.6 is 0 Å². The predicted octanol–water partition coefficient (Wildman–Crippen LogP) is 3.19. The number of hydrogen-bond acceptors (Lipinski definition) is 2. The Morgan fingerprint density at radius 3 is 2.84 bits per heavy atom. The Morgan fingerprint density at radius 2 is 2.21 bits per heavy atom. The standard InChI is InChI=1S/C16H23NO2/c1-4-6-7-10-17-16(18)12-14-9-8-13(5-2)11-15(14)19-3/h5,8-9,11H,2,4,6-7,10,12H2,1,3H3,(H,17,18). The van der Waals surface area contributed by atoms with Crippen LogP contribution in [0.4, 0.5) is 0 Å². The number of methoxy groups -OCH3 is 1. The largest absolute Gasteiger partial charge is 0.496 e. The molecule has 19 heavy (non-hydrogen) atoms. The first kappa shape index (κ1) is 15.3. The fourth-order valence-electron chi connectivity index (χ4n) is 1.87. The van der Waals surface area contributed by atoms with Gasteiger partial charge in [-0.2, -0.15) is 0 Å². The summed E-state index contributed by atoms with van der Waals surface area (Å²) in [5.41, 5.74) is 1.89. The molecule has 0 bridgehead atoms. The van der Waals surface area contributed by atoms with Crippen molar-refractivity contribution < 1.29 is 9.53 Å². The molecular formula is C16H23NO2. The molecule has 3 heteroatoms. The van der Waals surface area contributed by atoms with Gasteiger partial charge in [0.25, 0.3) is 0 Å². The number of rotatable bonds is 8. The van der Waals surface area contributed by atoms with Gasteiger partial charge in [0, 0.05) is 12.1 Å². The quantitative estimate of drug-likeness (QED) is 0.730. The molecule has 1 rings (SSSR count). The highest BCUT2D eigenvalue weighted by Crippen LogP contribution is 2.21. The summed E-state index contributed by atoms with van der Waals surface area (Å²) in [7, 11) is 1.62. The lowest BCUT2D eigenvalue weighted by atomic mass is 10.1. The van der Waals surface area contributed by atoms with Crippen molar-refractivity contribution in [2.45, 2.75) is 32.6 Å². The Balaban J connectivity index is 2.56. The van der Waals surface area contributed by atoms with Gasteiger partial charge in [0.15, 0.2) is 0 Å². The monoisotopic (exact) mass is 261 g/mol. The predicted molar refractivity (Wildman–Crippen MR) is 79.3 cm³/mol. The number of hydrogen-bond donors (Lipinski definition) is 1. The highest BCUT2D eigenvalue weighted by Gasteiger charge is 2.08. The van der Waals surface area contributed by atoms with Crippen LogP contribution in [0.3, 0.4) is 0 Å². The summed E-state index contributed by atoms with van der Waals surface area (Å²) in [6, 6.07) is 5.75. The lowest BCUT2D eigenvalue weighted by Crippen LogP contribution is -2.26.